The number of ether oxygens (including phenoxy) is 1. The van der Waals surface area contributed by atoms with Gasteiger partial charge in [0.25, 0.3) is 0 Å². The van der Waals surface area contributed by atoms with Crippen LogP contribution in [0.1, 0.15) is 43.7 Å². The Morgan fingerprint density at radius 2 is 1.80 bits per heavy atom. The number of likely N-dealkylation sites (tertiary alicyclic amines) is 1. The first-order valence-corrected chi connectivity index (χ1v) is 12.9. The molecular weight excluding hydrogens is 440 g/mol. The number of hydrogen-bond donors (Lipinski definition) is 3. The first kappa shape index (κ1) is 23.7. The monoisotopic (exact) mass is 476 g/mol. The minimum absolute atomic E-state index is 0.0538. The van der Waals surface area contributed by atoms with Crippen molar-refractivity contribution in [3.8, 4) is 0 Å². The van der Waals surface area contributed by atoms with Gasteiger partial charge >= 0.3 is 0 Å². The molecule has 0 radical (unpaired) electrons. The predicted molar refractivity (Wildman–Crippen MR) is 137 cm³/mol. The second kappa shape index (κ2) is 10.7. The lowest BCUT2D eigenvalue weighted by molar-refractivity contribution is -0.139. The van der Waals surface area contributed by atoms with Crippen LogP contribution in [-0.4, -0.2) is 55.6 Å². The number of anilines is 2. The Balaban J connectivity index is 1.29. The Kier molecular flexibility index (Phi) is 7.23. The van der Waals surface area contributed by atoms with Gasteiger partial charge in [-0.15, -0.1) is 0 Å². The fourth-order valence-corrected chi connectivity index (χ4v) is 6.23. The van der Waals surface area contributed by atoms with Gasteiger partial charge in [0.1, 0.15) is 0 Å². The van der Waals surface area contributed by atoms with Crippen molar-refractivity contribution in [3.05, 3.63) is 60.2 Å². The van der Waals surface area contributed by atoms with Crippen molar-refractivity contribution in [2.45, 2.75) is 50.2 Å². The molecule has 5 atom stereocenters. The van der Waals surface area contributed by atoms with Gasteiger partial charge in [0, 0.05) is 37.0 Å². The first-order chi connectivity index (χ1) is 17.2. The van der Waals surface area contributed by atoms with Crippen molar-refractivity contribution in [2.75, 3.05) is 37.4 Å². The van der Waals surface area contributed by atoms with Crippen LogP contribution in [0.2, 0.25) is 0 Å². The number of carbonyl (C=O) groups is 2. The highest BCUT2D eigenvalue weighted by molar-refractivity contribution is 5.84. The van der Waals surface area contributed by atoms with E-state index in [1.807, 2.05) is 36.4 Å². The van der Waals surface area contributed by atoms with Crippen LogP contribution in [0.5, 0.6) is 0 Å². The molecule has 0 spiro atoms. The molecule has 3 aliphatic rings. The molecule has 5 rings (SSSR count). The number of fused-ring (bicyclic) bond motifs is 3. The molecule has 1 aliphatic carbocycles. The molecule has 0 bridgehead atoms. The summed E-state index contributed by atoms with van der Waals surface area (Å²) < 4.78 is 5.51. The largest absolute Gasteiger partial charge is 0.383 e. The zero-order valence-corrected chi connectivity index (χ0v) is 20.4. The van der Waals surface area contributed by atoms with Crippen LogP contribution in [0.3, 0.4) is 0 Å². The van der Waals surface area contributed by atoms with Gasteiger partial charge in [-0.3, -0.25) is 9.59 Å². The summed E-state index contributed by atoms with van der Waals surface area (Å²) in [6, 6.07) is 18.2. The van der Waals surface area contributed by atoms with Gasteiger partial charge in [0.05, 0.1) is 31.2 Å². The van der Waals surface area contributed by atoms with Crippen molar-refractivity contribution in [1.82, 2.24) is 10.2 Å². The van der Waals surface area contributed by atoms with E-state index in [1.54, 1.807) is 7.11 Å². The molecule has 2 aliphatic heterocycles. The summed E-state index contributed by atoms with van der Waals surface area (Å²) in [7, 11) is 1.73. The van der Waals surface area contributed by atoms with Crippen molar-refractivity contribution in [2.24, 2.45) is 11.8 Å². The van der Waals surface area contributed by atoms with Crippen molar-refractivity contribution < 1.29 is 14.3 Å². The average molecular weight is 477 g/mol. The lowest BCUT2D eigenvalue weighted by Crippen LogP contribution is -2.51. The van der Waals surface area contributed by atoms with E-state index < -0.39 is 0 Å². The molecule has 2 fully saturated rings. The molecule has 7 heteroatoms. The standard InChI is InChI=1S/C28H36N4O3/c1-35-18-25-21-15-16-32(27(21)20-11-5-7-13-23(20)30-25)28(34)22-12-6-8-14-24(22)31-26(33)17-29-19-9-3-2-4-10-19/h2-5,7,9-11,13,21-22,24-25,27,29-30H,6,8,12,14-18H2,1H3,(H,31,33)/t21-,22+,24-,25+,27+/m1/s1. The maximum Gasteiger partial charge on any atom is 0.239 e. The lowest BCUT2D eigenvalue weighted by Gasteiger charge is -2.41. The van der Waals surface area contributed by atoms with E-state index >= 15 is 0 Å². The molecule has 2 aromatic carbocycles. The van der Waals surface area contributed by atoms with Crippen LogP contribution in [0.4, 0.5) is 11.4 Å². The van der Waals surface area contributed by atoms with Crippen LogP contribution in [0.25, 0.3) is 0 Å². The molecule has 7 nitrogen and oxygen atoms in total. The molecule has 3 N–H and O–H groups in total. The van der Waals surface area contributed by atoms with Gasteiger partial charge in [0.15, 0.2) is 0 Å². The zero-order chi connectivity index (χ0) is 24.2. The van der Waals surface area contributed by atoms with E-state index in [-0.39, 0.29) is 42.4 Å². The van der Waals surface area contributed by atoms with E-state index in [1.165, 1.54) is 5.56 Å². The highest BCUT2D eigenvalue weighted by atomic mass is 16.5. The third-order valence-corrected chi connectivity index (χ3v) is 7.87. The number of nitrogens with one attached hydrogen (secondary N) is 3. The van der Waals surface area contributed by atoms with E-state index in [2.05, 4.69) is 39.0 Å². The zero-order valence-electron chi connectivity index (χ0n) is 20.4. The Hall–Kier alpha value is -3.06. The van der Waals surface area contributed by atoms with E-state index in [4.69, 9.17) is 4.74 Å². The number of hydrogen-bond acceptors (Lipinski definition) is 5. The highest BCUT2D eigenvalue weighted by Crippen LogP contribution is 2.47. The molecule has 1 saturated heterocycles. The van der Waals surface area contributed by atoms with E-state index in [0.717, 1.165) is 50.0 Å². The van der Waals surface area contributed by atoms with Gasteiger partial charge in [-0.05, 0) is 43.0 Å². The lowest BCUT2D eigenvalue weighted by atomic mass is 9.81. The summed E-state index contributed by atoms with van der Waals surface area (Å²) in [5.74, 6) is 0.267. The van der Waals surface area contributed by atoms with Crippen LogP contribution in [0.15, 0.2) is 54.6 Å². The fourth-order valence-electron chi connectivity index (χ4n) is 6.23. The van der Waals surface area contributed by atoms with Crippen LogP contribution in [0, 0.1) is 11.8 Å². The number of carbonyl (C=O) groups excluding carboxylic acids is 2. The number of para-hydroxylation sites is 2. The number of amides is 2. The smallest absolute Gasteiger partial charge is 0.239 e. The Morgan fingerprint density at radius 1 is 1.03 bits per heavy atom. The minimum atomic E-state index is -0.175. The van der Waals surface area contributed by atoms with Gasteiger partial charge < -0.3 is 25.6 Å². The van der Waals surface area contributed by atoms with Crippen molar-refractivity contribution >= 4 is 23.2 Å². The van der Waals surface area contributed by atoms with Gasteiger partial charge in [-0.1, -0.05) is 49.2 Å². The molecule has 2 amide bonds. The van der Waals surface area contributed by atoms with E-state index in [0.29, 0.717) is 12.5 Å². The maximum atomic E-state index is 14.0. The molecule has 0 unspecified atom stereocenters. The maximum absolute atomic E-state index is 14.0. The fraction of sp³-hybridized carbons (Fsp3) is 0.500. The van der Waals surface area contributed by atoms with Gasteiger partial charge in [-0.25, -0.2) is 0 Å². The summed E-state index contributed by atoms with van der Waals surface area (Å²) in [6.07, 6.45) is 4.69. The van der Waals surface area contributed by atoms with Gasteiger partial charge in [0.2, 0.25) is 11.8 Å². The van der Waals surface area contributed by atoms with Crippen molar-refractivity contribution in [1.29, 1.82) is 0 Å². The topological polar surface area (TPSA) is 82.7 Å². The quantitative estimate of drug-likeness (QED) is 0.566. The Morgan fingerprint density at radius 3 is 2.63 bits per heavy atom. The molecule has 186 valence electrons. The number of benzene rings is 2. The second-order valence-corrected chi connectivity index (χ2v) is 10.0. The van der Waals surface area contributed by atoms with Crippen LogP contribution in [-0.2, 0) is 14.3 Å². The molecule has 35 heavy (non-hydrogen) atoms. The summed E-state index contributed by atoms with van der Waals surface area (Å²) >= 11 is 0. The predicted octanol–water partition coefficient (Wildman–Crippen LogP) is 3.80. The number of rotatable bonds is 7. The summed E-state index contributed by atoms with van der Waals surface area (Å²) in [5, 5.41) is 10.00. The number of nitrogens with zero attached hydrogens (tertiary/aromatic N) is 1. The molecule has 2 aromatic rings. The van der Waals surface area contributed by atoms with Crippen LogP contribution < -0.4 is 16.0 Å². The van der Waals surface area contributed by atoms with Crippen molar-refractivity contribution in [3.63, 3.8) is 0 Å². The molecule has 0 aromatic heterocycles. The highest BCUT2D eigenvalue weighted by Gasteiger charge is 2.48. The SMILES string of the molecule is COC[C@@H]1Nc2ccccc2[C@H]2[C@@H]1CCN2C(=O)[C@H]1CCCC[C@H]1NC(=O)CNc1ccccc1. The first-order valence-electron chi connectivity index (χ1n) is 12.9. The van der Waals surface area contributed by atoms with E-state index in [9.17, 15) is 9.59 Å². The number of methoxy groups -OCH3 is 1. The van der Waals surface area contributed by atoms with Gasteiger partial charge in [-0.2, -0.15) is 0 Å². The average Bonchev–Trinajstić information content (AvgIpc) is 3.34. The minimum Gasteiger partial charge on any atom is -0.383 e. The Bertz CT molecular complexity index is 1030. The second-order valence-electron chi connectivity index (χ2n) is 10.0. The normalized spacial score (nSPS) is 27.3. The third kappa shape index (κ3) is 5.01. The molecular formula is C28H36N4O3. The molecule has 1 saturated carbocycles. The Labute approximate surface area is 207 Å². The summed E-state index contributed by atoms with van der Waals surface area (Å²) in [5.41, 5.74) is 3.20. The summed E-state index contributed by atoms with van der Waals surface area (Å²) in [6.45, 7) is 1.57. The molecule has 2 heterocycles. The third-order valence-electron chi connectivity index (χ3n) is 7.87. The van der Waals surface area contributed by atoms with Crippen LogP contribution >= 0.6 is 0 Å². The summed E-state index contributed by atoms with van der Waals surface area (Å²) in [4.78, 5) is 28.9.